The van der Waals surface area contributed by atoms with Crippen LogP contribution in [0.25, 0.3) is 22.3 Å². The number of anilines is 1. The van der Waals surface area contributed by atoms with Gasteiger partial charge in [0, 0.05) is 42.8 Å². The van der Waals surface area contributed by atoms with Gasteiger partial charge in [-0.05, 0) is 61.0 Å². The summed E-state index contributed by atoms with van der Waals surface area (Å²) in [6, 6.07) is 24.0. The van der Waals surface area contributed by atoms with E-state index in [2.05, 4.69) is 40.1 Å². The van der Waals surface area contributed by atoms with Crippen LogP contribution in [0, 0.1) is 0 Å². The van der Waals surface area contributed by atoms with Crippen molar-refractivity contribution in [2.45, 2.75) is 13.0 Å². The Balaban J connectivity index is 1.39. The van der Waals surface area contributed by atoms with Gasteiger partial charge in [0.15, 0.2) is 17.3 Å². The fraction of sp³-hybridized carbons (Fsp3) is 0.276. The smallest absolute Gasteiger partial charge is 0.161 e. The first kappa shape index (κ1) is 23.0. The maximum Gasteiger partial charge on any atom is 0.161 e. The summed E-state index contributed by atoms with van der Waals surface area (Å²) >= 11 is 0. The lowest BCUT2D eigenvalue weighted by atomic mass is 9.99. The molecule has 0 amide bonds. The summed E-state index contributed by atoms with van der Waals surface area (Å²) in [5.74, 6) is 2.22. The molecule has 4 aromatic rings. The molecule has 3 aromatic carbocycles. The zero-order valence-electron chi connectivity index (χ0n) is 20.4. The number of fused-ring (bicyclic) bond motifs is 1. The fourth-order valence-electron chi connectivity index (χ4n) is 4.94. The van der Waals surface area contributed by atoms with E-state index in [4.69, 9.17) is 13.9 Å². The van der Waals surface area contributed by atoms with Gasteiger partial charge in [-0.2, -0.15) is 0 Å². The Bertz CT molecular complexity index is 1320. The number of hydrogen-bond donors (Lipinski definition) is 0. The number of rotatable bonds is 7. The minimum atomic E-state index is -0.267. The fourth-order valence-corrected chi connectivity index (χ4v) is 4.94. The number of piperazine rings is 1. The molecule has 1 saturated heterocycles. The third kappa shape index (κ3) is 4.62. The highest BCUT2D eigenvalue weighted by Gasteiger charge is 2.28. The molecule has 0 aliphatic carbocycles. The summed E-state index contributed by atoms with van der Waals surface area (Å²) in [6.07, 6.45) is 0. The van der Waals surface area contributed by atoms with Crippen LogP contribution in [-0.4, -0.2) is 51.1 Å². The standard InChI is InChI=1S/C29H30N2O4/c1-20(32)29(31-15-13-30(14-16-31)24-7-5-4-6-8-24)22-10-11-25-23(17-22)19-27(35-25)21-9-12-26(33-2)28(18-21)34-3/h4-12,17-19,29H,13-16H2,1-3H3. The largest absolute Gasteiger partial charge is 0.493 e. The van der Waals surface area contributed by atoms with Crippen LogP contribution in [-0.2, 0) is 4.79 Å². The van der Waals surface area contributed by atoms with Gasteiger partial charge < -0.3 is 18.8 Å². The lowest BCUT2D eigenvalue weighted by Gasteiger charge is -2.39. The first-order valence-electron chi connectivity index (χ1n) is 11.9. The van der Waals surface area contributed by atoms with Crippen LogP contribution in [0.4, 0.5) is 5.69 Å². The van der Waals surface area contributed by atoms with Crippen molar-refractivity contribution in [1.29, 1.82) is 0 Å². The normalized spacial score (nSPS) is 15.2. The Morgan fingerprint density at radius 3 is 2.29 bits per heavy atom. The lowest BCUT2D eigenvalue weighted by Crippen LogP contribution is -2.49. The molecule has 1 atom stereocenters. The van der Waals surface area contributed by atoms with Gasteiger partial charge >= 0.3 is 0 Å². The highest BCUT2D eigenvalue weighted by molar-refractivity contribution is 5.87. The third-order valence-corrected chi connectivity index (χ3v) is 6.71. The van der Waals surface area contributed by atoms with Gasteiger partial charge in [0.25, 0.3) is 0 Å². The maximum absolute atomic E-state index is 12.8. The number of benzene rings is 3. The Labute approximate surface area is 205 Å². The summed E-state index contributed by atoms with van der Waals surface area (Å²) in [7, 11) is 3.24. The van der Waals surface area contributed by atoms with Crippen molar-refractivity contribution in [2.75, 3.05) is 45.3 Å². The van der Waals surface area contributed by atoms with Gasteiger partial charge in [-0.1, -0.05) is 24.3 Å². The number of carbonyl (C=O) groups excluding carboxylic acids is 1. The molecule has 1 fully saturated rings. The van der Waals surface area contributed by atoms with E-state index in [0.29, 0.717) is 11.5 Å². The molecule has 6 heteroatoms. The van der Waals surface area contributed by atoms with Crippen molar-refractivity contribution in [3.8, 4) is 22.8 Å². The summed E-state index contributed by atoms with van der Waals surface area (Å²) in [6.45, 7) is 5.14. The van der Waals surface area contributed by atoms with Crippen LogP contribution in [0.15, 0.2) is 77.2 Å². The topological polar surface area (TPSA) is 55.2 Å². The maximum atomic E-state index is 12.8. The molecule has 180 valence electrons. The molecule has 0 N–H and O–H groups in total. The number of Topliss-reactive ketones (excluding diaryl/α,β-unsaturated/α-hetero) is 1. The van der Waals surface area contributed by atoms with E-state index in [0.717, 1.165) is 54.0 Å². The second-order valence-corrected chi connectivity index (χ2v) is 8.85. The molecular weight excluding hydrogens is 440 g/mol. The Kier molecular flexibility index (Phi) is 6.47. The van der Waals surface area contributed by atoms with Crippen molar-refractivity contribution in [3.05, 3.63) is 78.4 Å². The number of ether oxygens (including phenoxy) is 2. The van der Waals surface area contributed by atoms with E-state index in [9.17, 15) is 4.79 Å². The third-order valence-electron chi connectivity index (χ3n) is 6.71. The van der Waals surface area contributed by atoms with E-state index in [1.54, 1.807) is 21.1 Å². The number of ketones is 1. The van der Waals surface area contributed by atoms with Crippen LogP contribution < -0.4 is 14.4 Å². The summed E-state index contributed by atoms with van der Waals surface area (Å²) < 4.78 is 16.9. The number of furan rings is 1. The Morgan fingerprint density at radius 1 is 0.857 bits per heavy atom. The molecule has 6 nitrogen and oxygen atoms in total. The molecule has 2 heterocycles. The first-order valence-corrected chi connectivity index (χ1v) is 11.9. The molecule has 35 heavy (non-hydrogen) atoms. The molecule has 0 radical (unpaired) electrons. The summed E-state index contributed by atoms with van der Waals surface area (Å²) in [4.78, 5) is 17.5. The number of nitrogens with zero attached hydrogens (tertiary/aromatic N) is 2. The van der Waals surface area contributed by atoms with E-state index in [1.165, 1.54) is 5.69 Å². The van der Waals surface area contributed by atoms with Gasteiger partial charge in [0.05, 0.1) is 20.3 Å². The first-order chi connectivity index (χ1) is 17.1. The molecule has 0 spiro atoms. The summed E-state index contributed by atoms with van der Waals surface area (Å²) in [5.41, 5.74) is 3.92. The minimum Gasteiger partial charge on any atom is -0.493 e. The van der Waals surface area contributed by atoms with Gasteiger partial charge in [-0.3, -0.25) is 9.69 Å². The van der Waals surface area contributed by atoms with Crippen LogP contribution in [0.1, 0.15) is 18.5 Å². The summed E-state index contributed by atoms with van der Waals surface area (Å²) in [5, 5.41) is 0.974. The number of hydrogen-bond acceptors (Lipinski definition) is 6. The molecule has 1 unspecified atom stereocenters. The van der Waals surface area contributed by atoms with Crippen LogP contribution in [0.5, 0.6) is 11.5 Å². The van der Waals surface area contributed by atoms with E-state index in [-0.39, 0.29) is 11.8 Å². The zero-order chi connectivity index (χ0) is 24.4. The average molecular weight is 471 g/mol. The van der Waals surface area contributed by atoms with Crippen LogP contribution in [0.2, 0.25) is 0 Å². The zero-order valence-corrected chi connectivity index (χ0v) is 20.4. The van der Waals surface area contributed by atoms with Crippen molar-refractivity contribution < 1.29 is 18.7 Å². The minimum absolute atomic E-state index is 0.154. The van der Waals surface area contributed by atoms with Crippen molar-refractivity contribution in [1.82, 2.24) is 4.90 Å². The van der Waals surface area contributed by atoms with Gasteiger partial charge in [0.1, 0.15) is 11.3 Å². The second-order valence-electron chi connectivity index (χ2n) is 8.85. The van der Waals surface area contributed by atoms with Crippen LogP contribution in [0.3, 0.4) is 0 Å². The van der Waals surface area contributed by atoms with E-state index in [1.807, 2.05) is 42.5 Å². The predicted molar refractivity (Wildman–Crippen MR) is 138 cm³/mol. The molecule has 5 rings (SSSR count). The highest BCUT2D eigenvalue weighted by Crippen LogP contribution is 2.36. The van der Waals surface area contributed by atoms with Gasteiger partial charge in [-0.25, -0.2) is 0 Å². The van der Waals surface area contributed by atoms with Crippen LogP contribution >= 0.6 is 0 Å². The lowest BCUT2D eigenvalue weighted by molar-refractivity contribution is -0.122. The SMILES string of the molecule is COc1ccc(-c2cc3cc(C(C(C)=O)N4CCN(c5ccccc5)CC4)ccc3o2)cc1OC. The van der Waals surface area contributed by atoms with Crippen molar-refractivity contribution in [3.63, 3.8) is 0 Å². The molecule has 0 saturated carbocycles. The van der Waals surface area contributed by atoms with Crippen molar-refractivity contribution >= 4 is 22.4 Å². The van der Waals surface area contributed by atoms with E-state index < -0.39 is 0 Å². The number of para-hydroxylation sites is 1. The molecule has 0 bridgehead atoms. The predicted octanol–water partition coefficient (Wildman–Crippen LogP) is 5.57. The average Bonchev–Trinajstić information content (AvgIpc) is 3.33. The number of carbonyl (C=O) groups is 1. The molecular formula is C29H30N2O4. The monoisotopic (exact) mass is 470 g/mol. The molecule has 1 aromatic heterocycles. The quantitative estimate of drug-likeness (QED) is 0.352. The Hall–Kier alpha value is -3.77. The van der Waals surface area contributed by atoms with Crippen molar-refractivity contribution in [2.24, 2.45) is 0 Å². The molecule has 1 aliphatic heterocycles. The number of methoxy groups -OCH3 is 2. The van der Waals surface area contributed by atoms with Gasteiger partial charge in [-0.15, -0.1) is 0 Å². The second kappa shape index (κ2) is 9.84. The van der Waals surface area contributed by atoms with Gasteiger partial charge in [0.2, 0.25) is 0 Å². The Morgan fingerprint density at radius 2 is 1.60 bits per heavy atom. The van der Waals surface area contributed by atoms with E-state index >= 15 is 0 Å². The highest BCUT2D eigenvalue weighted by atomic mass is 16.5. The molecule has 1 aliphatic rings.